The maximum absolute atomic E-state index is 11.9. The minimum atomic E-state index is 0.131. The van der Waals surface area contributed by atoms with Gasteiger partial charge >= 0.3 is 0 Å². The summed E-state index contributed by atoms with van der Waals surface area (Å²) in [6, 6.07) is 5.32. The number of halogens is 1. The minimum absolute atomic E-state index is 0.131. The van der Waals surface area contributed by atoms with E-state index in [9.17, 15) is 4.79 Å². The summed E-state index contributed by atoms with van der Waals surface area (Å²) in [4.78, 5) is 17.8. The summed E-state index contributed by atoms with van der Waals surface area (Å²) in [6.45, 7) is 2.04. The van der Waals surface area contributed by atoms with Gasteiger partial charge in [-0.1, -0.05) is 17.7 Å². The van der Waals surface area contributed by atoms with Crippen LogP contribution in [-0.4, -0.2) is 35.4 Å². The first-order valence-corrected chi connectivity index (χ1v) is 6.28. The molecule has 1 saturated heterocycles. The Bertz CT molecular complexity index is 391. The SMILES string of the molecule is O=C(CNc1cccc(Cl)n1)N1CCCCC1. The van der Waals surface area contributed by atoms with E-state index in [-0.39, 0.29) is 12.5 Å². The molecule has 1 aromatic rings. The molecule has 0 spiro atoms. The molecule has 1 aliphatic heterocycles. The monoisotopic (exact) mass is 253 g/mol. The van der Waals surface area contributed by atoms with Gasteiger partial charge in [-0.3, -0.25) is 4.79 Å². The molecule has 0 saturated carbocycles. The third-order valence-corrected chi connectivity index (χ3v) is 3.06. The summed E-state index contributed by atoms with van der Waals surface area (Å²) in [5.41, 5.74) is 0. The number of carbonyl (C=O) groups is 1. The Morgan fingerprint density at radius 1 is 1.35 bits per heavy atom. The van der Waals surface area contributed by atoms with Crippen LogP contribution >= 0.6 is 11.6 Å². The molecule has 0 aliphatic carbocycles. The summed E-state index contributed by atoms with van der Waals surface area (Å²) in [5.74, 6) is 0.773. The molecule has 1 amide bonds. The standard InChI is InChI=1S/C12H16ClN3O/c13-10-5-4-6-11(15-10)14-9-12(17)16-7-2-1-3-8-16/h4-6H,1-3,7-9H2,(H,14,15). The molecule has 0 bridgehead atoms. The lowest BCUT2D eigenvalue weighted by molar-refractivity contribution is -0.130. The minimum Gasteiger partial charge on any atom is -0.361 e. The van der Waals surface area contributed by atoms with Gasteiger partial charge in [-0.25, -0.2) is 4.98 Å². The van der Waals surface area contributed by atoms with Crippen LogP contribution in [0.2, 0.25) is 5.15 Å². The van der Waals surface area contributed by atoms with Crippen LogP contribution < -0.4 is 5.32 Å². The van der Waals surface area contributed by atoms with Gasteiger partial charge in [0.2, 0.25) is 5.91 Å². The molecule has 17 heavy (non-hydrogen) atoms. The van der Waals surface area contributed by atoms with Crippen LogP contribution in [0.1, 0.15) is 19.3 Å². The van der Waals surface area contributed by atoms with Crippen LogP contribution in [0.25, 0.3) is 0 Å². The smallest absolute Gasteiger partial charge is 0.241 e. The summed E-state index contributed by atoms with van der Waals surface area (Å²) >= 11 is 5.76. The van der Waals surface area contributed by atoms with Gasteiger partial charge in [-0.15, -0.1) is 0 Å². The molecule has 5 heteroatoms. The Hall–Kier alpha value is -1.29. The highest BCUT2D eigenvalue weighted by Crippen LogP contribution is 2.11. The Balaban J connectivity index is 1.83. The Kier molecular flexibility index (Phi) is 4.20. The predicted octanol–water partition coefficient (Wildman–Crippen LogP) is 2.16. The molecule has 0 radical (unpaired) electrons. The fraction of sp³-hybridized carbons (Fsp3) is 0.500. The number of pyridine rings is 1. The summed E-state index contributed by atoms with van der Waals surface area (Å²) < 4.78 is 0. The van der Waals surface area contributed by atoms with Gasteiger partial charge in [-0.05, 0) is 31.4 Å². The fourth-order valence-electron chi connectivity index (χ4n) is 1.93. The quantitative estimate of drug-likeness (QED) is 0.840. The van der Waals surface area contributed by atoms with Crippen LogP contribution in [0, 0.1) is 0 Å². The number of likely N-dealkylation sites (tertiary alicyclic amines) is 1. The van der Waals surface area contributed by atoms with Gasteiger partial charge in [0.15, 0.2) is 0 Å². The van der Waals surface area contributed by atoms with Crippen molar-refractivity contribution in [2.45, 2.75) is 19.3 Å². The zero-order valence-electron chi connectivity index (χ0n) is 9.66. The predicted molar refractivity (Wildman–Crippen MR) is 68.2 cm³/mol. The van der Waals surface area contributed by atoms with Crippen LogP contribution in [0.15, 0.2) is 18.2 Å². The van der Waals surface area contributed by atoms with E-state index in [0.717, 1.165) is 25.9 Å². The van der Waals surface area contributed by atoms with Gasteiger partial charge < -0.3 is 10.2 Å². The first kappa shape index (κ1) is 12.2. The first-order valence-electron chi connectivity index (χ1n) is 5.90. The number of anilines is 1. The highest BCUT2D eigenvalue weighted by Gasteiger charge is 2.15. The van der Waals surface area contributed by atoms with Gasteiger partial charge in [0.1, 0.15) is 11.0 Å². The van der Waals surface area contributed by atoms with E-state index >= 15 is 0 Å². The number of hydrogen-bond acceptors (Lipinski definition) is 3. The molecule has 1 aromatic heterocycles. The van der Waals surface area contributed by atoms with Crippen molar-refractivity contribution >= 4 is 23.3 Å². The first-order chi connectivity index (χ1) is 8.25. The van der Waals surface area contributed by atoms with E-state index in [4.69, 9.17) is 11.6 Å². The number of piperidine rings is 1. The van der Waals surface area contributed by atoms with Crippen LogP contribution in [0.4, 0.5) is 5.82 Å². The molecule has 1 N–H and O–H groups in total. The van der Waals surface area contributed by atoms with Crippen molar-refractivity contribution in [1.82, 2.24) is 9.88 Å². The molecule has 92 valence electrons. The molecule has 4 nitrogen and oxygen atoms in total. The number of rotatable bonds is 3. The van der Waals surface area contributed by atoms with Crippen molar-refractivity contribution in [2.75, 3.05) is 25.0 Å². The van der Waals surface area contributed by atoms with Gasteiger partial charge in [0.25, 0.3) is 0 Å². The lowest BCUT2D eigenvalue weighted by atomic mass is 10.1. The maximum atomic E-state index is 11.9. The number of carbonyl (C=O) groups excluding carboxylic acids is 1. The number of nitrogens with one attached hydrogen (secondary N) is 1. The molecule has 1 fully saturated rings. The van der Waals surface area contributed by atoms with Crippen molar-refractivity contribution in [2.24, 2.45) is 0 Å². The largest absolute Gasteiger partial charge is 0.361 e. The highest BCUT2D eigenvalue weighted by molar-refractivity contribution is 6.29. The lowest BCUT2D eigenvalue weighted by Gasteiger charge is -2.26. The molecular formula is C12H16ClN3O. The van der Waals surface area contributed by atoms with Crippen LogP contribution in [-0.2, 0) is 4.79 Å². The molecule has 0 atom stereocenters. The number of hydrogen-bond donors (Lipinski definition) is 1. The Morgan fingerprint density at radius 2 is 2.12 bits per heavy atom. The third kappa shape index (κ3) is 3.60. The second-order valence-electron chi connectivity index (χ2n) is 4.14. The third-order valence-electron chi connectivity index (χ3n) is 2.84. The van der Waals surface area contributed by atoms with Gasteiger partial charge in [0.05, 0.1) is 6.54 Å². The molecule has 2 rings (SSSR count). The molecule has 0 aromatic carbocycles. The molecule has 0 unspecified atom stereocenters. The molecule has 2 heterocycles. The van der Waals surface area contributed by atoms with Crippen molar-refractivity contribution in [3.63, 3.8) is 0 Å². The second kappa shape index (κ2) is 5.87. The zero-order valence-corrected chi connectivity index (χ0v) is 10.4. The van der Waals surface area contributed by atoms with Crippen molar-refractivity contribution in [3.8, 4) is 0 Å². The van der Waals surface area contributed by atoms with Crippen molar-refractivity contribution in [3.05, 3.63) is 23.4 Å². The summed E-state index contributed by atoms with van der Waals surface area (Å²) in [7, 11) is 0. The second-order valence-corrected chi connectivity index (χ2v) is 4.53. The van der Waals surface area contributed by atoms with E-state index in [1.165, 1.54) is 6.42 Å². The number of aromatic nitrogens is 1. The maximum Gasteiger partial charge on any atom is 0.241 e. The van der Waals surface area contributed by atoms with Crippen molar-refractivity contribution in [1.29, 1.82) is 0 Å². The lowest BCUT2D eigenvalue weighted by Crippen LogP contribution is -2.39. The average molecular weight is 254 g/mol. The topological polar surface area (TPSA) is 45.2 Å². The van der Waals surface area contributed by atoms with E-state index in [0.29, 0.717) is 11.0 Å². The fourth-order valence-corrected chi connectivity index (χ4v) is 2.09. The van der Waals surface area contributed by atoms with E-state index in [1.807, 2.05) is 11.0 Å². The summed E-state index contributed by atoms with van der Waals surface area (Å²) in [6.07, 6.45) is 3.45. The van der Waals surface area contributed by atoms with Gasteiger partial charge in [0, 0.05) is 13.1 Å². The van der Waals surface area contributed by atoms with Crippen LogP contribution in [0.3, 0.4) is 0 Å². The Labute approximate surface area is 106 Å². The van der Waals surface area contributed by atoms with E-state index in [2.05, 4.69) is 10.3 Å². The average Bonchev–Trinajstić information content (AvgIpc) is 2.37. The normalized spacial score (nSPS) is 15.7. The number of amides is 1. The number of nitrogens with zero attached hydrogens (tertiary/aromatic N) is 2. The Morgan fingerprint density at radius 3 is 2.82 bits per heavy atom. The summed E-state index contributed by atoms with van der Waals surface area (Å²) in [5, 5.41) is 3.43. The van der Waals surface area contributed by atoms with E-state index < -0.39 is 0 Å². The molecular weight excluding hydrogens is 238 g/mol. The van der Waals surface area contributed by atoms with Crippen molar-refractivity contribution < 1.29 is 4.79 Å². The molecule has 1 aliphatic rings. The van der Waals surface area contributed by atoms with Crippen LogP contribution in [0.5, 0.6) is 0 Å². The van der Waals surface area contributed by atoms with Gasteiger partial charge in [-0.2, -0.15) is 0 Å². The zero-order chi connectivity index (χ0) is 12.1. The van der Waals surface area contributed by atoms with E-state index in [1.54, 1.807) is 12.1 Å². The highest BCUT2D eigenvalue weighted by atomic mass is 35.5.